The fourth-order valence-electron chi connectivity index (χ4n) is 3.09. The SMILES string of the molecule is OC1C(C2=Cc3ccccc3C2O)=Cc2ccccc21. The lowest BCUT2D eigenvalue weighted by atomic mass is 9.97. The van der Waals surface area contributed by atoms with Crippen molar-refractivity contribution in [2.24, 2.45) is 0 Å². The van der Waals surface area contributed by atoms with Crippen molar-refractivity contribution >= 4 is 12.2 Å². The highest BCUT2D eigenvalue weighted by atomic mass is 16.3. The van der Waals surface area contributed by atoms with Gasteiger partial charge in [-0.25, -0.2) is 0 Å². The first kappa shape index (κ1) is 11.6. The summed E-state index contributed by atoms with van der Waals surface area (Å²) in [5, 5.41) is 21.0. The largest absolute Gasteiger partial charge is 0.384 e. The molecule has 2 aliphatic carbocycles. The van der Waals surface area contributed by atoms with Crippen molar-refractivity contribution in [1.82, 2.24) is 0 Å². The van der Waals surface area contributed by atoms with E-state index < -0.39 is 12.2 Å². The molecule has 2 heteroatoms. The minimum Gasteiger partial charge on any atom is -0.384 e. The molecule has 2 aliphatic rings. The van der Waals surface area contributed by atoms with Crippen LogP contribution >= 0.6 is 0 Å². The highest BCUT2D eigenvalue weighted by molar-refractivity contribution is 5.78. The van der Waals surface area contributed by atoms with E-state index in [9.17, 15) is 10.2 Å². The fourth-order valence-corrected chi connectivity index (χ4v) is 3.09. The van der Waals surface area contributed by atoms with Crippen molar-refractivity contribution in [2.45, 2.75) is 12.2 Å². The first-order chi connectivity index (χ1) is 9.75. The Balaban J connectivity index is 1.79. The summed E-state index contributed by atoms with van der Waals surface area (Å²) in [7, 11) is 0. The maximum absolute atomic E-state index is 10.5. The molecule has 98 valence electrons. The maximum atomic E-state index is 10.5. The number of fused-ring (bicyclic) bond motifs is 2. The molecule has 0 fully saturated rings. The smallest absolute Gasteiger partial charge is 0.105 e. The van der Waals surface area contributed by atoms with Gasteiger partial charge in [-0.15, -0.1) is 0 Å². The normalized spacial score (nSPS) is 23.1. The Labute approximate surface area is 117 Å². The molecule has 0 amide bonds. The first-order valence-electron chi connectivity index (χ1n) is 6.73. The van der Waals surface area contributed by atoms with Gasteiger partial charge in [-0.05, 0) is 45.6 Å². The van der Waals surface area contributed by atoms with Gasteiger partial charge in [-0.3, -0.25) is 0 Å². The van der Waals surface area contributed by atoms with Crippen molar-refractivity contribution in [2.75, 3.05) is 0 Å². The Bertz CT molecular complexity index is 690. The number of rotatable bonds is 1. The Morgan fingerprint density at radius 1 is 0.600 bits per heavy atom. The highest BCUT2D eigenvalue weighted by Crippen LogP contribution is 2.46. The third-order valence-corrected chi connectivity index (χ3v) is 4.13. The number of benzene rings is 2. The molecule has 0 aromatic heterocycles. The van der Waals surface area contributed by atoms with Gasteiger partial charge >= 0.3 is 0 Å². The molecule has 2 N–H and O–H groups in total. The molecule has 20 heavy (non-hydrogen) atoms. The molecule has 0 aliphatic heterocycles. The predicted octanol–water partition coefficient (Wildman–Crippen LogP) is 3.25. The van der Waals surface area contributed by atoms with E-state index in [1.165, 1.54) is 0 Å². The monoisotopic (exact) mass is 262 g/mol. The van der Waals surface area contributed by atoms with Crippen molar-refractivity contribution in [1.29, 1.82) is 0 Å². The molecule has 4 rings (SSSR count). The Hall–Kier alpha value is -2.16. The van der Waals surface area contributed by atoms with Crippen LogP contribution in [-0.2, 0) is 0 Å². The van der Waals surface area contributed by atoms with Gasteiger partial charge in [0, 0.05) is 0 Å². The number of aliphatic hydroxyl groups excluding tert-OH is 2. The van der Waals surface area contributed by atoms with E-state index in [1.807, 2.05) is 60.7 Å². The molecule has 2 atom stereocenters. The molecule has 0 saturated carbocycles. The van der Waals surface area contributed by atoms with Gasteiger partial charge in [0.25, 0.3) is 0 Å². The summed E-state index contributed by atoms with van der Waals surface area (Å²) < 4.78 is 0. The lowest BCUT2D eigenvalue weighted by molar-refractivity contribution is 0.196. The lowest BCUT2D eigenvalue weighted by Gasteiger charge is -2.15. The molecule has 2 unspecified atom stereocenters. The Morgan fingerprint density at radius 3 is 1.40 bits per heavy atom. The van der Waals surface area contributed by atoms with E-state index in [2.05, 4.69) is 0 Å². The average molecular weight is 262 g/mol. The van der Waals surface area contributed by atoms with Crippen molar-refractivity contribution in [3.63, 3.8) is 0 Å². The van der Waals surface area contributed by atoms with Crippen molar-refractivity contribution in [3.8, 4) is 0 Å². The van der Waals surface area contributed by atoms with E-state index in [0.29, 0.717) is 0 Å². The van der Waals surface area contributed by atoms with Crippen LogP contribution in [0, 0.1) is 0 Å². The summed E-state index contributed by atoms with van der Waals surface area (Å²) in [6.45, 7) is 0. The molecule has 0 spiro atoms. The van der Waals surface area contributed by atoms with E-state index in [-0.39, 0.29) is 0 Å². The van der Waals surface area contributed by atoms with E-state index in [0.717, 1.165) is 33.4 Å². The third kappa shape index (κ3) is 1.52. The molecular weight excluding hydrogens is 248 g/mol. The van der Waals surface area contributed by atoms with Crippen LogP contribution in [0.3, 0.4) is 0 Å². The van der Waals surface area contributed by atoms with Crippen LogP contribution in [0.2, 0.25) is 0 Å². The van der Waals surface area contributed by atoms with Gasteiger partial charge in [0.2, 0.25) is 0 Å². The summed E-state index contributed by atoms with van der Waals surface area (Å²) in [5.41, 5.74) is 5.47. The van der Waals surface area contributed by atoms with Gasteiger partial charge in [0.05, 0.1) is 0 Å². The van der Waals surface area contributed by atoms with Gasteiger partial charge in [0.1, 0.15) is 12.2 Å². The standard InChI is InChI=1S/C18H14O2/c19-17-13-7-3-1-5-11(13)9-15(17)16-10-12-6-2-4-8-14(12)18(16)20/h1-10,17-20H. The molecule has 0 heterocycles. The molecule has 0 radical (unpaired) electrons. The van der Waals surface area contributed by atoms with Crippen LogP contribution in [0.25, 0.3) is 12.2 Å². The molecule has 2 aromatic rings. The van der Waals surface area contributed by atoms with Crippen molar-refractivity contribution in [3.05, 3.63) is 81.9 Å². The summed E-state index contributed by atoms with van der Waals surface area (Å²) >= 11 is 0. The van der Waals surface area contributed by atoms with Gasteiger partial charge in [-0.1, -0.05) is 48.5 Å². The second-order valence-electron chi connectivity index (χ2n) is 5.26. The van der Waals surface area contributed by atoms with Crippen LogP contribution in [0.5, 0.6) is 0 Å². The highest BCUT2D eigenvalue weighted by Gasteiger charge is 2.32. The van der Waals surface area contributed by atoms with Gasteiger partial charge in [-0.2, -0.15) is 0 Å². The zero-order chi connectivity index (χ0) is 13.7. The first-order valence-corrected chi connectivity index (χ1v) is 6.73. The van der Waals surface area contributed by atoms with Crippen LogP contribution in [-0.4, -0.2) is 10.2 Å². The summed E-state index contributed by atoms with van der Waals surface area (Å²) in [4.78, 5) is 0. The lowest BCUT2D eigenvalue weighted by Crippen LogP contribution is -2.04. The van der Waals surface area contributed by atoms with Gasteiger partial charge < -0.3 is 10.2 Å². The fraction of sp³-hybridized carbons (Fsp3) is 0.111. The molecule has 0 bridgehead atoms. The average Bonchev–Trinajstić information content (AvgIpc) is 2.98. The summed E-state index contributed by atoms with van der Waals surface area (Å²) in [6.07, 6.45) is 2.64. The van der Waals surface area contributed by atoms with E-state index in [1.54, 1.807) is 0 Å². The predicted molar refractivity (Wildman–Crippen MR) is 78.8 cm³/mol. The third-order valence-electron chi connectivity index (χ3n) is 4.13. The minimum absolute atomic E-state index is 0.651. The molecule has 0 saturated heterocycles. The maximum Gasteiger partial charge on any atom is 0.105 e. The molecule has 2 nitrogen and oxygen atoms in total. The molecular formula is C18H14O2. The summed E-state index contributed by atoms with van der Waals surface area (Å²) in [5.74, 6) is 0. The minimum atomic E-state index is -0.651. The number of hydrogen-bond donors (Lipinski definition) is 2. The number of aliphatic hydroxyl groups is 2. The second-order valence-corrected chi connectivity index (χ2v) is 5.26. The molecule has 2 aromatic carbocycles. The van der Waals surface area contributed by atoms with Crippen LogP contribution in [0.15, 0.2) is 59.7 Å². The van der Waals surface area contributed by atoms with Crippen LogP contribution in [0.1, 0.15) is 34.5 Å². The van der Waals surface area contributed by atoms with Crippen LogP contribution < -0.4 is 0 Å². The van der Waals surface area contributed by atoms with E-state index >= 15 is 0 Å². The second kappa shape index (κ2) is 4.17. The Morgan fingerprint density at radius 2 is 1.00 bits per heavy atom. The zero-order valence-electron chi connectivity index (χ0n) is 10.8. The van der Waals surface area contributed by atoms with Crippen LogP contribution in [0.4, 0.5) is 0 Å². The summed E-state index contributed by atoms with van der Waals surface area (Å²) in [6, 6.07) is 15.6. The van der Waals surface area contributed by atoms with Gasteiger partial charge in [0.15, 0.2) is 0 Å². The van der Waals surface area contributed by atoms with E-state index in [4.69, 9.17) is 0 Å². The van der Waals surface area contributed by atoms with Crippen molar-refractivity contribution < 1.29 is 10.2 Å². The zero-order valence-corrected chi connectivity index (χ0v) is 10.8. The number of hydrogen-bond acceptors (Lipinski definition) is 2. The Kier molecular flexibility index (Phi) is 2.43. The topological polar surface area (TPSA) is 40.5 Å². The quantitative estimate of drug-likeness (QED) is 0.828.